The van der Waals surface area contributed by atoms with E-state index in [0.29, 0.717) is 6.04 Å². The predicted molar refractivity (Wildman–Crippen MR) is 95.3 cm³/mol. The van der Waals surface area contributed by atoms with Gasteiger partial charge in [-0.25, -0.2) is 4.98 Å². The normalized spacial score (nSPS) is 16.9. The molecule has 0 radical (unpaired) electrons. The molecule has 0 bridgehead atoms. The Hall–Kier alpha value is -1.72. The highest BCUT2D eigenvalue weighted by molar-refractivity contribution is 9.10. The number of halogens is 1. The van der Waals surface area contributed by atoms with Crippen molar-refractivity contribution in [2.75, 3.05) is 0 Å². The van der Waals surface area contributed by atoms with Crippen LogP contribution >= 0.6 is 15.9 Å². The lowest BCUT2D eigenvalue weighted by molar-refractivity contribution is 0.530. The largest absolute Gasteiger partial charge is 0.306 e. The van der Waals surface area contributed by atoms with Gasteiger partial charge in [0.15, 0.2) is 5.65 Å². The SMILES string of the molecule is Cc1nn(C)c2ncc(CNC3CCc4c(Br)cccc43)cc12. The summed E-state index contributed by atoms with van der Waals surface area (Å²) in [4.78, 5) is 4.56. The van der Waals surface area contributed by atoms with E-state index in [9.17, 15) is 0 Å². The van der Waals surface area contributed by atoms with Crippen LogP contribution in [0.5, 0.6) is 0 Å². The van der Waals surface area contributed by atoms with Crippen molar-refractivity contribution in [3.63, 3.8) is 0 Å². The number of rotatable bonds is 3. The third kappa shape index (κ3) is 2.58. The molecule has 1 aromatic carbocycles. The third-order valence-electron chi connectivity index (χ3n) is 4.69. The smallest absolute Gasteiger partial charge is 0.157 e. The van der Waals surface area contributed by atoms with Crippen LogP contribution in [0, 0.1) is 6.92 Å². The van der Waals surface area contributed by atoms with Gasteiger partial charge in [0.2, 0.25) is 0 Å². The van der Waals surface area contributed by atoms with E-state index >= 15 is 0 Å². The zero-order valence-corrected chi connectivity index (χ0v) is 14.9. The average Bonchev–Trinajstić information content (AvgIpc) is 3.08. The van der Waals surface area contributed by atoms with Gasteiger partial charge in [-0.2, -0.15) is 5.10 Å². The molecule has 0 saturated carbocycles. The van der Waals surface area contributed by atoms with Crippen LogP contribution < -0.4 is 5.32 Å². The second-order valence-corrected chi connectivity index (χ2v) is 7.06. The first-order valence-electron chi connectivity index (χ1n) is 7.92. The van der Waals surface area contributed by atoms with Gasteiger partial charge in [0, 0.05) is 35.7 Å². The monoisotopic (exact) mass is 370 g/mol. The first-order chi connectivity index (χ1) is 11.1. The number of hydrogen-bond donors (Lipinski definition) is 1. The van der Waals surface area contributed by atoms with Crippen molar-refractivity contribution in [3.05, 3.63) is 57.3 Å². The summed E-state index contributed by atoms with van der Waals surface area (Å²) < 4.78 is 3.07. The Bertz CT molecular complexity index is 884. The fourth-order valence-corrected chi connectivity index (χ4v) is 4.09. The standard InChI is InChI=1S/C18H19BrN4/c1-11-15-8-12(10-21-18(15)23(2)22-11)9-20-17-7-6-13-14(17)4-3-5-16(13)19/h3-5,8,10,17,20H,6-7,9H2,1-2H3. The summed E-state index contributed by atoms with van der Waals surface area (Å²) in [6.45, 7) is 2.86. The minimum Gasteiger partial charge on any atom is -0.306 e. The number of aryl methyl sites for hydroxylation is 2. The number of nitrogens with zero attached hydrogens (tertiary/aromatic N) is 3. The molecule has 5 heteroatoms. The van der Waals surface area contributed by atoms with Crippen molar-refractivity contribution in [3.8, 4) is 0 Å². The van der Waals surface area contributed by atoms with Crippen LogP contribution in [0.25, 0.3) is 11.0 Å². The van der Waals surface area contributed by atoms with Crippen LogP contribution in [-0.2, 0) is 20.0 Å². The summed E-state index contributed by atoms with van der Waals surface area (Å²) in [5, 5.41) is 9.26. The molecular weight excluding hydrogens is 352 g/mol. The molecule has 1 unspecified atom stereocenters. The maximum Gasteiger partial charge on any atom is 0.157 e. The van der Waals surface area contributed by atoms with E-state index in [-0.39, 0.29) is 0 Å². The van der Waals surface area contributed by atoms with Crippen molar-refractivity contribution < 1.29 is 0 Å². The van der Waals surface area contributed by atoms with Crippen molar-refractivity contribution in [1.82, 2.24) is 20.1 Å². The van der Waals surface area contributed by atoms with Gasteiger partial charge >= 0.3 is 0 Å². The van der Waals surface area contributed by atoms with Crippen LogP contribution in [-0.4, -0.2) is 14.8 Å². The molecule has 1 aliphatic carbocycles. The molecule has 0 spiro atoms. The van der Waals surface area contributed by atoms with Gasteiger partial charge in [0.1, 0.15) is 0 Å². The van der Waals surface area contributed by atoms with Crippen LogP contribution in [0.1, 0.15) is 34.8 Å². The molecule has 23 heavy (non-hydrogen) atoms. The Morgan fingerprint density at radius 1 is 1.39 bits per heavy atom. The molecule has 4 rings (SSSR count). The van der Waals surface area contributed by atoms with Gasteiger partial charge in [0.05, 0.1) is 5.69 Å². The van der Waals surface area contributed by atoms with Gasteiger partial charge in [-0.3, -0.25) is 4.68 Å². The van der Waals surface area contributed by atoms with Crippen LogP contribution in [0.15, 0.2) is 34.9 Å². The van der Waals surface area contributed by atoms with Crippen molar-refractivity contribution in [2.24, 2.45) is 7.05 Å². The summed E-state index contributed by atoms with van der Waals surface area (Å²) in [6, 6.07) is 9.11. The Labute approximate surface area is 144 Å². The molecule has 3 aromatic rings. The lowest BCUT2D eigenvalue weighted by atomic mass is 10.1. The summed E-state index contributed by atoms with van der Waals surface area (Å²) in [5.74, 6) is 0. The molecule has 1 atom stereocenters. The first kappa shape index (κ1) is 14.8. The zero-order valence-electron chi connectivity index (χ0n) is 13.3. The van der Waals surface area contributed by atoms with E-state index in [1.165, 1.54) is 21.2 Å². The minimum absolute atomic E-state index is 0.424. The van der Waals surface area contributed by atoms with Crippen LogP contribution in [0.2, 0.25) is 0 Å². The fraction of sp³-hybridized carbons (Fsp3) is 0.333. The second kappa shape index (κ2) is 5.73. The van der Waals surface area contributed by atoms with Crippen molar-refractivity contribution in [2.45, 2.75) is 32.4 Å². The number of fused-ring (bicyclic) bond motifs is 2. The number of hydrogen-bond acceptors (Lipinski definition) is 3. The molecule has 0 aliphatic heterocycles. The summed E-state index contributed by atoms with van der Waals surface area (Å²) in [5.41, 5.74) is 6.05. The quantitative estimate of drug-likeness (QED) is 0.761. The summed E-state index contributed by atoms with van der Waals surface area (Å²) >= 11 is 3.66. The molecule has 1 aliphatic rings. The van der Waals surface area contributed by atoms with Crippen LogP contribution in [0.3, 0.4) is 0 Å². The van der Waals surface area contributed by atoms with E-state index in [4.69, 9.17) is 0 Å². The van der Waals surface area contributed by atoms with Gasteiger partial charge in [-0.05, 0) is 48.6 Å². The fourth-order valence-electron chi connectivity index (χ4n) is 3.51. The summed E-state index contributed by atoms with van der Waals surface area (Å²) in [7, 11) is 1.94. The Morgan fingerprint density at radius 3 is 3.13 bits per heavy atom. The van der Waals surface area contributed by atoms with Crippen molar-refractivity contribution >= 4 is 27.0 Å². The lowest BCUT2D eigenvalue weighted by Crippen LogP contribution is -2.18. The minimum atomic E-state index is 0.424. The van der Waals surface area contributed by atoms with Gasteiger partial charge in [-0.1, -0.05) is 28.1 Å². The summed E-state index contributed by atoms with van der Waals surface area (Å²) in [6.07, 6.45) is 4.24. The van der Waals surface area contributed by atoms with Gasteiger partial charge in [-0.15, -0.1) is 0 Å². The second-order valence-electron chi connectivity index (χ2n) is 6.20. The van der Waals surface area contributed by atoms with Crippen LogP contribution in [0.4, 0.5) is 0 Å². The molecule has 2 heterocycles. The maximum absolute atomic E-state index is 4.56. The Balaban J connectivity index is 1.55. The maximum atomic E-state index is 4.56. The van der Waals surface area contributed by atoms with E-state index in [1.807, 2.05) is 24.9 Å². The topological polar surface area (TPSA) is 42.7 Å². The highest BCUT2D eigenvalue weighted by atomic mass is 79.9. The van der Waals surface area contributed by atoms with Crippen molar-refractivity contribution in [1.29, 1.82) is 0 Å². The van der Waals surface area contributed by atoms with E-state index in [2.05, 4.69) is 55.6 Å². The number of nitrogens with one attached hydrogen (secondary N) is 1. The Morgan fingerprint density at radius 2 is 2.26 bits per heavy atom. The Kier molecular flexibility index (Phi) is 3.70. The van der Waals surface area contributed by atoms with E-state index in [1.54, 1.807) is 0 Å². The molecule has 4 nitrogen and oxygen atoms in total. The molecular formula is C18H19BrN4. The highest BCUT2D eigenvalue weighted by Crippen LogP contribution is 2.35. The predicted octanol–water partition coefficient (Wildman–Crippen LogP) is 3.82. The molecule has 1 N–H and O–H groups in total. The van der Waals surface area contributed by atoms with E-state index < -0.39 is 0 Å². The molecule has 0 amide bonds. The number of pyridine rings is 1. The first-order valence-corrected chi connectivity index (χ1v) is 8.71. The molecule has 2 aromatic heterocycles. The van der Waals surface area contributed by atoms with E-state index in [0.717, 1.165) is 36.1 Å². The van der Waals surface area contributed by atoms with Gasteiger partial charge < -0.3 is 5.32 Å². The number of aromatic nitrogens is 3. The third-order valence-corrected chi connectivity index (χ3v) is 5.43. The van der Waals surface area contributed by atoms with Gasteiger partial charge in [0.25, 0.3) is 0 Å². The number of benzene rings is 1. The molecule has 118 valence electrons. The molecule has 0 fully saturated rings. The lowest BCUT2D eigenvalue weighted by Gasteiger charge is -2.14. The molecule has 0 saturated heterocycles. The average molecular weight is 371 g/mol. The highest BCUT2D eigenvalue weighted by Gasteiger charge is 2.23. The zero-order chi connectivity index (χ0) is 16.0.